The van der Waals surface area contributed by atoms with Gasteiger partial charge in [0.25, 0.3) is 0 Å². The molecule has 1 N–H and O–H groups in total. The van der Waals surface area contributed by atoms with E-state index < -0.39 is 0 Å². The van der Waals surface area contributed by atoms with Crippen molar-refractivity contribution in [2.24, 2.45) is 5.92 Å². The van der Waals surface area contributed by atoms with Crippen LogP contribution in [0.15, 0.2) is 28.7 Å². The Bertz CT molecular complexity index is 662. The highest BCUT2D eigenvalue weighted by Gasteiger charge is 2.24. The number of carbonyl (C=O) groups is 2. The first-order valence-electron chi connectivity index (χ1n) is 9.81. The fourth-order valence-electron chi connectivity index (χ4n) is 3.60. The molecule has 0 aromatic heterocycles. The SMILES string of the molecule is O=C(CSCC(=O)N1CCC(CN2CCOCC2)CC1)Nc1cccc(Br)c1. The molecule has 28 heavy (non-hydrogen) atoms. The molecule has 6 nitrogen and oxygen atoms in total. The van der Waals surface area contributed by atoms with Crippen LogP contribution in [-0.2, 0) is 14.3 Å². The summed E-state index contributed by atoms with van der Waals surface area (Å²) in [4.78, 5) is 28.9. The van der Waals surface area contributed by atoms with Crippen LogP contribution in [0.1, 0.15) is 12.8 Å². The van der Waals surface area contributed by atoms with E-state index in [-0.39, 0.29) is 17.6 Å². The number of benzene rings is 1. The Balaban J connectivity index is 1.30. The van der Waals surface area contributed by atoms with Gasteiger partial charge in [-0.25, -0.2) is 0 Å². The first-order valence-corrected chi connectivity index (χ1v) is 11.8. The van der Waals surface area contributed by atoms with Gasteiger partial charge in [-0.05, 0) is 37.0 Å². The lowest BCUT2D eigenvalue weighted by Gasteiger charge is -2.36. The van der Waals surface area contributed by atoms with Gasteiger partial charge in [-0.3, -0.25) is 14.5 Å². The number of halogens is 1. The van der Waals surface area contributed by atoms with Gasteiger partial charge >= 0.3 is 0 Å². The summed E-state index contributed by atoms with van der Waals surface area (Å²) in [6.07, 6.45) is 2.13. The van der Waals surface area contributed by atoms with Gasteiger partial charge in [-0.15, -0.1) is 11.8 Å². The molecule has 0 atom stereocenters. The minimum atomic E-state index is -0.0832. The van der Waals surface area contributed by atoms with Gasteiger partial charge in [-0.1, -0.05) is 22.0 Å². The number of hydrogen-bond acceptors (Lipinski definition) is 5. The van der Waals surface area contributed by atoms with Crippen molar-refractivity contribution in [2.75, 3.05) is 62.8 Å². The van der Waals surface area contributed by atoms with E-state index in [2.05, 4.69) is 26.1 Å². The van der Waals surface area contributed by atoms with Crippen LogP contribution in [0.25, 0.3) is 0 Å². The second kappa shape index (κ2) is 11.2. The van der Waals surface area contributed by atoms with Crippen LogP contribution >= 0.6 is 27.7 Å². The Hall–Kier alpha value is -1.09. The minimum absolute atomic E-state index is 0.0832. The van der Waals surface area contributed by atoms with Gasteiger partial charge in [0, 0.05) is 42.9 Å². The Morgan fingerprint density at radius 3 is 2.61 bits per heavy atom. The molecular formula is C20H28BrN3O3S. The molecule has 0 radical (unpaired) electrons. The molecule has 2 saturated heterocycles. The van der Waals surface area contributed by atoms with E-state index in [0.717, 1.165) is 68.9 Å². The highest BCUT2D eigenvalue weighted by molar-refractivity contribution is 9.10. The largest absolute Gasteiger partial charge is 0.379 e. The van der Waals surface area contributed by atoms with Gasteiger partial charge in [0.2, 0.25) is 11.8 Å². The van der Waals surface area contributed by atoms with E-state index >= 15 is 0 Å². The standard InChI is InChI=1S/C20H28BrN3O3S/c21-17-2-1-3-18(12-17)22-19(25)14-28-15-20(26)24-6-4-16(5-7-24)13-23-8-10-27-11-9-23/h1-3,12,16H,4-11,13-15H2,(H,22,25). The average Bonchev–Trinajstić information content (AvgIpc) is 2.69. The number of likely N-dealkylation sites (tertiary alicyclic amines) is 1. The second-order valence-electron chi connectivity index (χ2n) is 7.29. The van der Waals surface area contributed by atoms with Crippen molar-refractivity contribution in [3.63, 3.8) is 0 Å². The van der Waals surface area contributed by atoms with Crippen molar-refractivity contribution in [3.05, 3.63) is 28.7 Å². The first-order chi connectivity index (χ1) is 13.6. The molecule has 0 aliphatic carbocycles. The zero-order chi connectivity index (χ0) is 19.8. The molecule has 2 heterocycles. The molecule has 0 bridgehead atoms. The van der Waals surface area contributed by atoms with Gasteiger partial charge in [0.15, 0.2) is 0 Å². The lowest BCUT2D eigenvalue weighted by atomic mass is 9.96. The monoisotopic (exact) mass is 469 g/mol. The van der Waals surface area contributed by atoms with Crippen LogP contribution in [0, 0.1) is 5.92 Å². The van der Waals surface area contributed by atoms with Gasteiger partial charge in [0.05, 0.1) is 24.7 Å². The number of thioether (sulfide) groups is 1. The van der Waals surface area contributed by atoms with Crippen molar-refractivity contribution in [3.8, 4) is 0 Å². The van der Waals surface area contributed by atoms with Crippen molar-refractivity contribution < 1.29 is 14.3 Å². The van der Waals surface area contributed by atoms with Crippen molar-refractivity contribution in [1.29, 1.82) is 0 Å². The fourth-order valence-corrected chi connectivity index (χ4v) is 4.72. The summed E-state index contributed by atoms with van der Waals surface area (Å²) < 4.78 is 6.32. The summed E-state index contributed by atoms with van der Waals surface area (Å²) in [5.74, 6) is 1.38. The van der Waals surface area contributed by atoms with E-state index in [0.29, 0.717) is 11.7 Å². The number of piperidine rings is 1. The number of carbonyl (C=O) groups excluding carboxylic acids is 2. The zero-order valence-electron chi connectivity index (χ0n) is 16.1. The van der Waals surface area contributed by atoms with Crippen molar-refractivity contribution in [2.45, 2.75) is 12.8 Å². The van der Waals surface area contributed by atoms with E-state index in [1.165, 1.54) is 11.8 Å². The fraction of sp³-hybridized carbons (Fsp3) is 0.600. The summed E-state index contributed by atoms with van der Waals surface area (Å²) in [6, 6.07) is 7.49. The molecule has 2 aliphatic rings. The molecule has 0 saturated carbocycles. The molecule has 0 spiro atoms. The smallest absolute Gasteiger partial charge is 0.234 e. The van der Waals surface area contributed by atoms with Crippen LogP contribution in [0.2, 0.25) is 0 Å². The van der Waals surface area contributed by atoms with E-state index in [1.807, 2.05) is 29.2 Å². The number of amides is 2. The lowest BCUT2D eigenvalue weighted by molar-refractivity contribution is -0.129. The Kier molecular flexibility index (Phi) is 8.64. The normalized spacial score (nSPS) is 18.8. The van der Waals surface area contributed by atoms with E-state index in [9.17, 15) is 9.59 Å². The predicted molar refractivity (Wildman–Crippen MR) is 117 cm³/mol. The number of rotatable bonds is 7. The maximum absolute atomic E-state index is 12.4. The van der Waals surface area contributed by atoms with Crippen LogP contribution in [0.5, 0.6) is 0 Å². The molecule has 2 amide bonds. The summed E-state index contributed by atoms with van der Waals surface area (Å²) >= 11 is 4.76. The van der Waals surface area contributed by atoms with Crippen LogP contribution in [-0.4, -0.2) is 79.1 Å². The molecule has 2 fully saturated rings. The summed E-state index contributed by atoms with van der Waals surface area (Å²) in [6.45, 7) is 6.51. The van der Waals surface area contributed by atoms with E-state index in [1.54, 1.807) is 0 Å². The maximum Gasteiger partial charge on any atom is 0.234 e. The molecule has 154 valence electrons. The molecule has 8 heteroatoms. The third kappa shape index (κ3) is 7.06. The topological polar surface area (TPSA) is 61.9 Å². The highest BCUT2D eigenvalue weighted by atomic mass is 79.9. The van der Waals surface area contributed by atoms with Crippen LogP contribution in [0.3, 0.4) is 0 Å². The van der Waals surface area contributed by atoms with Gasteiger partial charge in [0.1, 0.15) is 0 Å². The van der Waals surface area contributed by atoms with Crippen LogP contribution in [0.4, 0.5) is 5.69 Å². The minimum Gasteiger partial charge on any atom is -0.379 e. The predicted octanol–water partition coefficient (Wildman–Crippen LogP) is 2.69. The zero-order valence-corrected chi connectivity index (χ0v) is 18.5. The number of nitrogens with one attached hydrogen (secondary N) is 1. The third-order valence-corrected chi connectivity index (χ3v) is 6.57. The highest BCUT2D eigenvalue weighted by Crippen LogP contribution is 2.20. The van der Waals surface area contributed by atoms with Gasteiger partial charge in [-0.2, -0.15) is 0 Å². The van der Waals surface area contributed by atoms with Crippen molar-refractivity contribution in [1.82, 2.24) is 9.80 Å². The molecule has 1 aromatic rings. The second-order valence-corrected chi connectivity index (χ2v) is 9.19. The summed E-state index contributed by atoms with van der Waals surface area (Å²) in [5, 5.41) is 2.85. The first kappa shape index (κ1) is 21.6. The van der Waals surface area contributed by atoms with Crippen molar-refractivity contribution >= 4 is 45.2 Å². The molecule has 3 rings (SSSR count). The Morgan fingerprint density at radius 1 is 1.14 bits per heavy atom. The molecule has 2 aliphatic heterocycles. The molecule has 0 unspecified atom stereocenters. The quantitative estimate of drug-likeness (QED) is 0.664. The van der Waals surface area contributed by atoms with Gasteiger partial charge < -0.3 is 15.0 Å². The maximum atomic E-state index is 12.4. The Labute approximate surface area is 179 Å². The Morgan fingerprint density at radius 2 is 1.89 bits per heavy atom. The number of ether oxygens (including phenoxy) is 1. The summed E-state index contributed by atoms with van der Waals surface area (Å²) in [5.41, 5.74) is 0.758. The molecule has 1 aromatic carbocycles. The molecular weight excluding hydrogens is 442 g/mol. The average molecular weight is 470 g/mol. The van der Waals surface area contributed by atoms with E-state index in [4.69, 9.17) is 4.74 Å². The number of morpholine rings is 1. The number of anilines is 1. The number of nitrogens with zero attached hydrogens (tertiary/aromatic N) is 2. The summed E-state index contributed by atoms with van der Waals surface area (Å²) in [7, 11) is 0. The lowest BCUT2D eigenvalue weighted by Crippen LogP contribution is -2.44. The van der Waals surface area contributed by atoms with Crippen LogP contribution < -0.4 is 5.32 Å². The third-order valence-electron chi connectivity index (χ3n) is 5.15. The number of hydrogen-bond donors (Lipinski definition) is 1.